The minimum absolute atomic E-state index is 0.842. The number of nitrogens with zero attached hydrogens (tertiary/aromatic N) is 3. The molecule has 0 N–H and O–H groups in total. The predicted octanol–water partition coefficient (Wildman–Crippen LogP) is 2.20. The van der Waals surface area contributed by atoms with E-state index in [9.17, 15) is 0 Å². The number of hydrogen-bond acceptors (Lipinski definition) is 5. The molecule has 0 bridgehead atoms. The molecule has 2 aromatic rings. The highest BCUT2D eigenvalue weighted by Crippen LogP contribution is 2.18. The molecule has 12 heavy (non-hydrogen) atoms. The van der Waals surface area contributed by atoms with Gasteiger partial charge in [-0.2, -0.15) is 0 Å². The lowest BCUT2D eigenvalue weighted by Crippen LogP contribution is -1.85. The monoisotopic (exact) mass is 197 g/mol. The number of thioether (sulfide) groups is 1. The van der Waals surface area contributed by atoms with Gasteiger partial charge in [0.05, 0.1) is 11.7 Å². The molecule has 0 fully saturated rings. The summed E-state index contributed by atoms with van der Waals surface area (Å²) < 4.78 is 0. The molecule has 0 unspecified atom stereocenters. The molecule has 2 aromatic heterocycles. The molecule has 0 radical (unpaired) electrons. The van der Waals surface area contributed by atoms with E-state index in [0.717, 1.165) is 21.3 Å². The van der Waals surface area contributed by atoms with Crippen molar-refractivity contribution >= 4 is 33.4 Å². The lowest BCUT2D eigenvalue weighted by Gasteiger charge is -1.93. The zero-order chi connectivity index (χ0) is 8.39. The highest BCUT2D eigenvalue weighted by atomic mass is 32.2. The Bertz CT molecular complexity index is 385. The normalized spacial score (nSPS) is 10.8. The first-order valence-electron chi connectivity index (χ1n) is 3.59. The molecule has 2 rings (SSSR count). The van der Waals surface area contributed by atoms with Gasteiger partial charge in [-0.1, -0.05) is 18.7 Å². The van der Waals surface area contributed by atoms with Crippen molar-refractivity contribution in [2.24, 2.45) is 0 Å². The van der Waals surface area contributed by atoms with Gasteiger partial charge in [0.1, 0.15) is 10.3 Å². The predicted molar refractivity (Wildman–Crippen MR) is 51.6 cm³/mol. The fraction of sp³-hybridized carbons (Fsp3) is 0.286. The largest absolute Gasteiger partial charge is 0.241 e. The van der Waals surface area contributed by atoms with Crippen molar-refractivity contribution in [2.45, 2.75) is 12.1 Å². The number of aromatic nitrogens is 3. The Kier molecular flexibility index (Phi) is 2.23. The summed E-state index contributed by atoms with van der Waals surface area (Å²) in [5, 5.41) is 0.842. The fourth-order valence-corrected chi connectivity index (χ4v) is 2.08. The second-order valence-corrected chi connectivity index (χ2v) is 4.19. The Morgan fingerprint density at radius 2 is 2.42 bits per heavy atom. The summed E-state index contributed by atoms with van der Waals surface area (Å²) in [6.45, 7) is 2.09. The zero-order valence-corrected chi connectivity index (χ0v) is 8.15. The summed E-state index contributed by atoms with van der Waals surface area (Å²) in [5.74, 6) is 1.00. The Labute approximate surface area is 78.3 Å². The van der Waals surface area contributed by atoms with Crippen LogP contribution in [0.2, 0.25) is 0 Å². The molecule has 0 aliphatic carbocycles. The van der Waals surface area contributed by atoms with Gasteiger partial charge in [-0.3, -0.25) is 0 Å². The Morgan fingerprint density at radius 1 is 1.50 bits per heavy atom. The quantitative estimate of drug-likeness (QED) is 0.546. The molecule has 3 nitrogen and oxygen atoms in total. The molecule has 2 heterocycles. The van der Waals surface area contributed by atoms with Crippen molar-refractivity contribution in [2.75, 3.05) is 5.75 Å². The maximum absolute atomic E-state index is 4.33. The third-order valence-electron chi connectivity index (χ3n) is 1.34. The van der Waals surface area contributed by atoms with Crippen LogP contribution in [0, 0.1) is 0 Å². The second kappa shape index (κ2) is 3.37. The van der Waals surface area contributed by atoms with Crippen LogP contribution in [-0.2, 0) is 0 Å². The Morgan fingerprint density at radius 3 is 3.25 bits per heavy atom. The highest BCUT2D eigenvalue weighted by Gasteiger charge is 2.00. The van der Waals surface area contributed by atoms with Crippen molar-refractivity contribution < 1.29 is 0 Å². The SMILES string of the molecule is CCSc1ncc2ncsc2n1. The van der Waals surface area contributed by atoms with Gasteiger partial charge in [-0.05, 0) is 5.75 Å². The van der Waals surface area contributed by atoms with Crippen LogP contribution >= 0.6 is 23.1 Å². The lowest BCUT2D eigenvalue weighted by atomic mass is 10.6. The van der Waals surface area contributed by atoms with E-state index in [4.69, 9.17) is 0 Å². The Hall–Kier alpha value is -0.680. The van der Waals surface area contributed by atoms with Gasteiger partial charge in [-0.25, -0.2) is 15.0 Å². The van der Waals surface area contributed by atoms with Crippen molar-refractivity contribution in [3.8, 4) is 0 Å². The van der Waals surface area contributed by atoms with Gasteiger partial charge in [0.25, 0.3) is 0 Å². The first kappa shape index (κ1) is 7.94. The molecule has 0 atom stereocenters. The smallest absolute Gasteiger partial charge is 0.188 e. The van der Waals surface area contributed by atoms with Crippen LogP contribution < -0.4 is 0 Å². The first-order valence-corrected chi connectivity index (χ1v) is 5.45. The molecular formula is C7H7N3S2. The third kappa shape index (κ3) is 1.42. The van der Waals surface area contributed by atoms with Crippen molar-refractivity contribution in [3.05, 3.63) is 11.7 Å². The van der Waals surface area contributed by atoms with Crippen LogP contribution in [0.5, 0.6) is 0 Å². The van der Waals surface area contributed by atoms with E-state index >= 15 is 0 Å². The van der Waals surface area contributed by atoms with Crippen molar-refractivity contribution in [1.29, 1.82) is 0 Å². The van der Waals surface area contributed by atoms with Crippen LogP contribution in [0.1, 0.15) is 6.92 Å². The Balaban J connectivity index is 2.46. The average molecular weight is 197 g/mol. The van der Waals surface area contributed by atoms with Crippen LogP contribution in [0.4, 0.5) is 0 Å². The average Bonchev–Trinajstić information content (AvgIpc) is 2.51. The van der Waals surface area contributed by atoms with E-state index in [1.807, 2.05) is 0 Å². The molecule has 0 aliphatic heterocycles. The fourth-order valence-electron chi connectivity index (χ4n) is 0.852. The number of thiazole rings is 1. The standard InChI is InChI=1S/C7H7N3S2/c1-2-11-7-8-3-5-6(10-7)12-4-9-5/h3-4H,2H2,1H3. The van der Waals surface area contributed by atoms with E-state index < -0.39 is 0 Å². The van der Waals surface area contributed by atoms with Crippen LogP contribution in [0.3, 0.4) is 0 Å². The van der Waals surface area contributed by atoms with Crippen LogP contribution in [0.25, 0.3) is 10.3 Å². The second-order valence-electron chi connectivity index (χ2n) is 2.13. The first-order chi connectivity index (χ1) is 5.90. The molecule has 0 amide bonds. The molecule has 0 saturated carbocycles. The third-order valence-corrected chi connectivity index (χ3v) is 2.82. The van der Waals surface area contributed by atoms with E-state index in [1.165, 1.54) is 0 Å². The molecule has 0 aliphatic rings. The van der Waals surface area contributed by atoms with Gasteiger partial charge in [0.15, 0.2) is 5.16 Å². The van der Waals surface area contributed by atoms with Gasteiger partial charge in [-0.15, -0.1) is 11.3 Å². The summed E-state index contributed by atoms with van der Waals surface area (Å²) in [4.78, 5) is 13.6. The summed E-state index contributed by atoms with van der Waals surface area (Å²) >= 11 is 3.20. The molecule has 0 aromatic carbocycles. The van der Waals surface area contributed by atoms with Crippen molar-refractivity contribution in [1.82, 2.24) is 15.0 Å². The van der Waals surface area contributed by atoms with E-state index in [0.29, 0.717) is 0 Å². The van der Waals surface area contributed by atoms with Gasteiger partial charge >= 0.3 is 0 Å². The topological polar surface area (TPSA) is 38.7 Å². The zero-order valence-electron chi connectivity index (χ0n) is 6.52. The van der Waals surface area contributed by atoms with Gasteiger partial charge < -0.3 is 0 Å². The minimum atomic E-state index is 0.842. The molecule has 62 valence electrons. The van der Waals surface area contributed by atoms with Crippen molar-refractivity contribution in [3.63, 3.8) is 0 Å². The summed E-state index contributed by atoms with van der Waals surface area (Å²) in [6, 6.07) is 0. The summed E-state index contributed by atoms with van der Waals surface area (Å²) in [6.07, 6.45) is 1.77. The van der Waals surface area contributed by atoms with E-state index in [-0.39, 0.29) is 0 Å². The van der Waals surface area contributed by atoms with Crippen LogP contribution in [0.15, 0.2) is 16.9 Å². The molecule has 0 saturated heterocycles. The van der Waals surface area contributed by atoms with E-state index in [1.54, 1.807) is 34.8 Å². The van der Waals surface area contributed by atoms with E-state index in [2.05, 4.69) is 21.9 Å². The number of fused-ring (bicyclic) bond motifs is 1. The maximum Gasteiger partial charge on any atom is 0.188 e. The minimum Gasteiger partial charge on any atom is -0.241 e. The highest BCUT2D eigenvalue weighted by molar-refractivity contribution is 7.99. The molecular weight excluding hydrogens is 190 g/mol. The summed E-state index contributed by atoms with van der Waals surface area (Å²) in [5.41, 5.74) is 2.68. The van der Waals surface area contributed by atoms with Gasteiger partial charge in [0.2, 0.25) is 0 Å². The molecule has 5 heteroatoms. The van der Waals surface area contributed by atoms with Crippen LogP contribution in [-0.4, -0.2) is 20.7 Å². The number of rotatable bonds is 2. The van der Waals surface area contributed by atoms with Gasteiger partial charge in [0, 0.05) is 0 Å². The number of hydrogen-bond donors (Lipinski definition) is 0. The maximum atomic E-state index is 4.33. The molecule has 0 spiro atoms. The lowest BCUT2D eigenvalue weighted by molar-refractivity contribution is 1.01. The summed E-state index contributed by atoms with van der Waals surface area (Å²) in [7, 11) is 0.